The van der Waals surface area contributed by atoms with Crippen molar-refractivity contribution in [2.45, 2.75) is 13.3 Å². The molecule has 19 heavy (non-hydrogen) atoms. The van der Waals surface area contributed by atoms with Gasteiger partial charge in [-0.3, -0.25) is 4.79 Å². The molecule has 1 amide bonds. The van der Waals surface area contributed by atoms with Gasteiger partial charge in [0.05, 0.1) is 12.3 Å². The van der Waals surface area contributed by atoms with Crippen LogP contribution in [-0.4, -0.2) is 42.5 Å². The van der Waals surface area contributed by atoms with Crippen LogP contribution in [0.15, 0.2) is 24.3 Å². The highest BCUT2D eigenvalue weighted by molar-refractivity contribution is 7.99. The zero-order valence-electron chi connectivity index (χ0n) is 11.4. The summed E-state index contributed by atoms with van der Waals surface area (Å²) in [7, 11) is 1.80. The number of hydrogen-bond donors (Lipinski definition) is 0. The van der Waals surface area contributed by atoms with Gasteiger partial charge in [-0.15, -0.1) is 0 Å². The van der Waals surface area contributed by atoms with Crippen LogP contribution in [0.3, 0.4) is 0 Å². The summed E-state index contributed by atoms with van der Waals surface area (Å²) in [4.78, 5) is 13.4. The number of hydrogen-bond acceptors (Lipinski definition) is 3. The zero-order chi connectivity index (χ0) is 14.1. The summed E-state index contributed by atoms with van der Waals surface area (Å²) < 4.78 is 5.55. The van der Waals surface area contributed by atoms with Crippen molar-refractivity contribution in [1.29, 1.82) is 0 Å². The number of nitrogens with zero attached hydrogens (tertiary/aromatic N) is 1. The van der Waals surface area contributed by atoms with E-state index >= 15 is 0 Å². The maximum atomic E-state index is 11.7. The third kappa shape index (κ3) is 6.73. The first kappa shape index (κ1) is 16.2. The number of rotatable bonds is 8. The van der Waals surface area contributed by atoms with E-state index < -0.39 is 0 Å². The maximum absolute atomic E-state index is 11.7. The molecule has 0 saturated heterocycles. The Kier molecular flexibility index (Phi) is 7.75. The van der Waals surface area contributed by atoms with Gasteiger partial charge in [0.15, 0.2) is 0 Å². The molecule has 1 rings (SSSR count). The van der Waals surface area contributed by atoms with Crippen molar-refractivity contribution in [1.82, 2.24) is 4.90 Å². The molecule has 1 aromatic rings. The van der Waals surface area contributed by atoms with Crippen LogP contribution in [0.4, 0.5) is 0 Å². The zero-order valence-corrected chi connectivity index (χ0v) is 13.0. The Morgan fingerprint density at radius 2 is 2.26 bits per heavy atom. The second-order valence-corrected chi connectivity index (χ2v) is 5.72. The molecule has 0 fully saturated rings. The molecule has 0 aliphatic heterocycles. The molecule has 0 atom stereocenters. The molecule has 0 heterocycles. The second-order valence-electron chi connectivity index (χ2n) is 4.17. The summed E-state index contributed by atoms with van der Waals surface area (Å²) in [6.07, 6.45) is 1.10. The van der Waals surface area contributed by atoms with Gasteiger partial charge in [0.2, 0.25) is 5.91 Å². The number of carbonyl (C=O) groups excluding carboxylic acids is 1. The summed E-state index contributed by atoms with van der Waals surface area (Å²) in [5, 5.41) is 0.651. The molecule has 0 N–H and O–H groups in total. The van der Waals surface area contributed by atoms with Gasteiger partial charge >= 0.3 is 0 Å². The van der Waals surface area contributed by atoms with Crippen molar-refractivity contribution in [2.75, 3.05) is 31.7 Å². The van der Waals surface area contributed by atoms with Gasteiger partial charge < -0.3 is 9.64 Å². The van der Waals surface area contributed by atoms with E-state index in [0.717, 1.165) is 17.9 Å². The molecule has 0 aliphatic rings. The average Bonchev–Trinajstić information content (AvgIpc) is 2.39. The lowest BCUT2D eigenvalue weighted by atomic mass is 10.3. The van der Waals surface area contributed by atoms with Crippen LogP contribution >= 0.6 is 23.4 Å². The van der Waals surface area contributed by atoms with E-state index in [4.69, 9.17) is 16.3 Å². The van der Waals surface area contributed by atoms with Gasteiger partial charge in [0.25, 0.3) is 0 Å². The van der Waals surface area contributed by atoms with Crippen LogP contribution < -0.4 is 4.74 Å². The monoisotopic (exact) mass is 301 g/mol. The van der Waals surface area contributed by atoms with Crippen LogP contribution in [0.2, 0.25) is 5.02 Å². The fraction of sp³-hybridized carbons (Fsp3) is 0.500. The third-order valence-corrected chi connectivity index (χ3v) is 3.87. The SMILES string of the molecule is CCCSCC(=O)N(C)CCOc1cccc(Cl)c1. The number of benzene rings is 1. The van der Waals surface area contributed by atoms with E-state index in [1.54, 1.807) is 35.8 Å². The lowest BCUT2D eigenvalue weighted by Gasteiger charge is -2.17. The van der Waals surface area contributed by atoms with Crippen molar-refractivity contribution < 1.29 is 9.53 Å². The number of likely N-dealkylation sites (N-methyl/N-ethyl adjacent to an activating group) is 1. The van der Waals surface area contributed by atoms with Gasteiger partial charge in [-0.05, 0) is 30.4 Å². The molecule has 3 nitrogen and oxygen atoms in total. The molecule has 1 aromatic carbocycles. The van der Waals surface area contributed by atoms with Crippen molar-refractivity contribution >= 4 is 29.3 Å². The van der Waals surface area contributed by atoms with E-state index in [9.17, 15) is 4.79 Å². The van der Waals surface area contributed by atoms with Crippen molar-refractivity contribution in [2.24, 2.45) is 0 Å². The topological polar surface area (TPSA) is 29.5 Å². The number of thioether (sulfide) groups is 1. The van der Waals surface area contributed by atoms with Crippen LogP contribution in [0.1, 0.15) is 13.3 Å². The van der Waals surface area contributed by atoms with E-state index in [-0.39, 0.29) is 5.91 Å². The van der Waals surface area contributed by atoms with Crippen LogP contribution in [0, 0.1) is 0 Å². The largest absolute Gasteiger partial charge is 0.492 e. The molecular weight excluding hydrogens is 282 g/mol. The van der Waals surface area contributed by atoms with Crippen LogP contribution in [0.25, 0.3) is 0 Å². The van der Waals surface area contributed by atoms with Gasteiger partial charge in [-0.25, -0.2) is 0 Å². The first-order valence-corrected chi connectivity index (χ1v) is 7.86. The van der Waals surface area contributed by atoms with Gasteiger partial charge in [-0.1, -0.05) is 24.6 Å². The highest BCUT2D eigenvalue weighted by Crippen LogP contribution is 2.16. The summed E-state index contributed by atoms with van der Waals surface area (Å²) in [5.74, 6) is 2.45. The van der Waals surface area contributed by atoms with E-state index in [1.807, 2.05) is 12.1 Å². The third-order valence-electron chi connectivity index (χ3n) is 2.49. The molecule has 0 unspecified atom stereocenters. The summed E-state index contributed by atoms with van der Waals surface area (Å²) in [6, 6.07) is 7.26. The molecule has 0 radical (unpaired) electrons. The minimum absolute atomic E-state index is 0.146. The quantitative estimate of drug-likeness (QED) is 0.690. The number of halogens is 1. The van der Waals surface area contributed by atoms with Crippen molar-refractivity contribution in [3.8, 4) is 5.75 Å². The Morgan fingerprint density at radius 1 is 1.47 bits per heavy atom. The molecule has 0 aliphatic carbocycles. The fourth-order valence-electron chi connectivity index (χ4n) is 1.40. The van der Waals surface area contributed by atoms with E-state index in [0.29, 0.717) is 23.9 Å². The number of carbonyl (C=O) groups is 1. The lowest BCUT2D eigenvalue weighted by molar-refractivity contribution is -0.127. The summed E-state index contributed by atoms with van der Waals surface area (Å²) in [6.45, 7) is 3.17. The highest BCUT2D eigenvalue weighted by Gasteiger charge is 2.08. The van der Waals surface area contributed by atoms with Crippen LogP contribution in [0.5, 0.6) is 5.75 Å². The van der Waals surface area contributed by atoms with Crippen molar-refractivity contribution in [3.05, 3.63) is 29.3 Å². The van der Waals surface area contributed by atoms with E-state index in [1.165, 1.54) is 0 Å². The Morgan fingerprint density at radius 3 is 2.95 bits per heavy atom. The van der Waals surface area contributed by atoms with Gasteiger partial charge in [0, 0.05) is 12.1 Å². The molecule has 0 saturated carbocycles. The first-order valence-electron chi connectivity index (χ1n) is 6.33. The molecule has 106 valence electrons. The van der Waals surface area contributed by atoms with Crippen LogP contribution in [-0.2, 0) is 4.79 Å². The van der Waals surface area contributed by atoms with Gasteiger partial charge in [0.1, 0.15) is 12.4 Å². The smallest absolute Gasteiger partial charge is 0.232 e. The number of amides is 1. The summed E-state index contributed by atoms with van der Waals surface area (Å²) >= 11 is 7.53. The molecule has 0 bridgehead atoms. The summed E-state index contributed by atoms with van der Waals surface area (Å²) in [5.41, 5.74) is 0. The molecular formula is C14H20ClNO2S. The standard InChI is InChI=1S/C14H20ClNO2S/c1-3-9-19-11-14(17)16(2)7-8-18-13-6-4-5-12(15)10-13/h4-6,10H,3,7-9,11H2,1-2H3. The molecule has 0 spiro atoms. The molecule has 0 aromatic heterocycles. The molecule has 5 heteroatoms. The van der Waals surface area contributed by atoms with Crippen molar-refractivity contribution in [3.63, 3.8) is 0 Å². The highest BCUT2D eigenvalue weighted by atomic mass is 35.5. The minimum atomic E-state index is 0.146. The lowest BCUT2D eigenvalue weighted by Crippen LogP contribution is -2.32. The fourth-order valence-corrected chi connectivity index (χ4v) is 2.40. The predicted octanol–water partition coefficient (Wildman–Crippen LogP) is 3.32. The Balaban J connectivity index is 2.23. The predicted molar refractivity (Wildman–Crippen MR) is 82.2 cm³/mol. The minimum Gasteiger partial charge on any atom is -0.492 e. The van der Waals surface area contributed by atoms with Gasteiger partial charge in [-0.2, -0.15) is 11.8 Å². The normalized spacial score (nSPS) is 10.3. The first-order chi connectivity index (χ1) is 9.13. The average molecular weight is 302 g/mol. The Labute approximate surface area is 124 Å². The van der Waals surface area contributed by atoms with E-state index in [2.05, 4.69) is 6.92 Å². The second kappa shape index (κ2) is 9.10. The maximum Gasteiger partial charge on any atom is 0.232 e. The Bertz CT molecular complexity index is 401. The Hall–Kier alpha value is -0.870. The number of ether oxygens (including phenoxy) is 1.